The number of rotatable bonds is 15. The molecule has 0 saturated heterocycles. The van der Waals surface area contributed by atoms with E-state index >= 15 is 0 Å². The maximum absolute atomic E-state index is 10.6. The highest BCUT2D eigenvalue weighted by Crippen LogP contribution is 2.45. The van der Waals surface area contributed by atoms with Gasteiger partial charge in [0.05, 0.1) is 57.5 Å². The van der Waals surface area contributed by atoms with E-state index in [4.69, 9.17) is 64.8 Å². The molecule has 0 fully saturated rings. The van der Waals surface area contributed by atoms with Crippen LogP contribution in [0.2, 0.25) is 0 Å². The number of hydrogen-bond acceptors (Lipinski definition) is 14. The van der Waals surface area contributed by atoms with Crippen molar-refractivity contribution in [1.29, 1.82) is 5.26 Å². The zero-order valence-electron chi connectivity index (χ0n) is 59.6. The molecule has 16 heteroatoms. The summed E-state index contributed by atoms with van der Waals surface area (Å²) in [5.74, 6) is 6.14. The van der Waals surface area contributed by atoms with Crippen molar-refractivity contribution in [2.24, 2.45) is 0 Å². The fourth-order valence-electron chi connectivity index (χ4n) is 14.6. The zero-order valence-corrected chi connectivity index (χ0v) is 59.6. The Bertz CT molecular complexity index is 6040. The first kappa shape index (κ1) is 65.6. The molecule has 7 heterocycles. The van der Waals surface area contributed by atoms with Gasteiger partial charge in [0, 0.05) is 93.9 Å². The molecule has 20 aromatic rings. The van der Waals surface area contributed by atoms with Gasteiger partial charge in [-0.15, -0.1) is 0 Å². The maximum Gasteiger partial charge on any atom is 0.164 e. The Morgan fingerprint density at radius 3 is 0.580 bits per heavy atom. The predicted molar refractivity (Wildman–Crippen MR) is 442 cm³/mol. The minimum absolute atomic E-state index is 0.477. The van der Waals surface area contributed by atoms with E-state index in [9.17, 15) is 5.26 Å². The van der Waals surface area contributed by atoms with Gasteiger partial charge in [-0.25, -0.2) is 59.8 Å². The second-order valence-electron chi connectivity index (χ2n) is 27.0. The van der Waals surface area contributed by atoms with E-state index < -0.39 is 0 Å². The summed E-state index contributed by atoms with van der Waals surface area (Å²) in [7, 11) is 0. The van der Waals surface area contributed by atoms with Gasteiger partial charge < -0.3 is 9.13 Å². The normalized spacial score (nSPS) is 11.4. The van der Waals surface area contributed by atoms with Gasteiger partial charge in [-0.1, -0.05) is 303 Å². The van der Waals surface area contributed by atoms with Crippen LogP contribution in [0.15, 0.2) is 352 Å². The highest BCUT2D eigenvalue weighted by atomic mass is 15.1. The summed E-state index contributed by atoms with van der Waals surface area (Å²) in [4.78, 5) is 68.1. The molecule has 0 saturated carbocycles. The number of pyridine rings is 1. The molecule has 0 N–H and O–H groups in total. The molecule has 0 aliphatic carbocycles. The molecule has 20 rings (SSSR count). The van der Waals surface area contributed by atoms with Crippen molar-refractivity contribution in [3.05, 3.63) is 358 Å². The molecule has 0 radical (unpaired) electrons. The van der Waals surface area contributed by atoms with Gasteiger partial charge in [-0.05, 0) is 42.0 Å². The highest BCUT2D eigenvalue weighted by molar-refractivity contribution is 6.14. The molecule has 0 aliphatic rings. The van der Waals surface area contributed by atoms with Gasteiger partial charge in [0.15, 0.2) is 69.9 Å². The Balaban J connectivity index is 0.885. The number of aromatic nitrogens is 15. The molecule has 7 aromatic heterocycles. The summed E-state index contributed by atoms with van der Waals surface area (Å²) < 4.78 is 4.56. The summed E-state index contributed by atoms with van der Waals surface area (Å²) >= 11 is 0. The van der Waals surface area contributed by atoms with Crippen LogP contribution in [-0.4, -0.2) is 73.9 Å². The largest absolute Gasteiger partial charge is 0.307 e. The van der Waals surface area contributed by atoms with Gasteiger partial charge in [-0.2, -0.15) is 5.26 Å². The number of hydrogen-bond donors (Lipinski definition) is 0. The van der Waals surface area contributed by atoms with Crippen molar-refractivity contribution in [3.63, 3.8) is 0 Å². The zero-order chi connectivity index (χ0) is 74.4. The standard InChI is InChI=1S/C96H58N16/c97-57-60-41-43-61(44-42-60)84-82(111-78-53-70(93-103-85(62-25-9-1-10-26-62)99-86(104-93)63-27-11-2-12-28-63)45-49-74(78)75-50-46-71(54-79(75)111)94-105-87(64-29-13-3-14-30-64)100-88(106-94)65-31-15-4-16-32-65)58-98-59-83(84)112-80-55-72(95-107-89(66-33-17-5-18-34-66)101-90(108-95)67-35-19-6-20-36-67)47-51-76(80)77-52-48-73(56-81(77)112)96-109-91(68-37-21-7-22-38-68)102-92(110-96)69-39-23-8-24-40-69/h1-56,58-59H. The second-order valence-corrected chi connectivity index (χ2v) is 27.0. The first-order valence-electron chi connectivity index (χ1n) is 36.6. The molecule has 16 nitrogen and oxygen atoms in total. The van der Waals surface area contributed by atoms with Gasteiger partial charge in [0.2, 0.25) is 0 Å². The quantitative estimate of drug-likeness (QED) is 0.0938. The van der Waals surface area contributed by atoms with Crippen LogP contribution in [0.5, 0.6) is 0 Å². The lowest BCUT2D eigenvalue weighted by atomic mass is 10.0. The van der Waals surface area contributed by atoms with E-state index in [2.05, 4.69) is 88.0 Å². The van der Waals surface area contributed by atoms with Crippen LogP contribution in [0.1, 0.15) is 5.56 Å². The topological polar surface area (TPSA) is 201 Å². The molecule has 13 aromatic carbocycles. The Kier molecular flexibility index (Phi) is 16.5. The third-order valence-corrected chi connectivity index (χ3v) is 20.1. The molecule has 0 aliphatic heterocycles. The van der Waals surface area contributed by atoms with E-state index in [1.54, 1.807) is 0 Å². The lowest BCUT2D eigenvalue weighted by Gasteiger charge is -2.20. The average molecular weight is 1440 g/mol. The Morgan fingerprint density at radius 1 is 0.196 bits per heavy atom. The Hall–Kier alpha value is -15.9. The molecule has 0 spiro atoms. The summed E-state index contributed by atoms with van der Waals surface area (Å²) in [5, 5.41) is 14.3. The van der Waals surface area contributed by atoms with Gasteiger partial charge in [0.25, 0.3) is 0 Å². The van der Waals surface area contributed by atoms with E-state index in [-0.39, 0.29) is 0 Å². The average Bonchev–Trinajstić information content (AvgIpc) is 1.56. The van der Waals surface area contributed by atoms with Crippen LogP contribution in [-0.2, 0) is 0 Å². The summed E-state index contributed by atoms with van der Waals surface area (Å²) in [5.41, 5.74) is 16.5. The van der Waals surface area contributed by atoms with Crippen molar-refractivity contribution in [1.82, 2.24) is 73.9 Å². The number of nitrogens with zero attached hydrogens (tertiary/aromatic N) is 16. The number of fused-ring (bicyclic) bond motifs is 6. The van der Waals surface area contributed by atoms with Gasteiger partial charge >= 0.3 is 0 Å². The Labute approximate surface area is 641 Å². The highest BCUT2D eigenvalue weighted by Gasteiger charge is 2.27. The van der Waals surface area contributed by atoms with E-state index in [0.29, 0.717) is 86.8 Å². The SMILES string of the molecule is N#Cc1ccc(-c2c(-n3c4cc(-c5nc(-c6ccccc6)nc(-c6ccccc6)n5)ccc4c4ccc(-c5nc(-c6ccccc6)nc(-c6ccccc6)n5)cc43)cncc2-n2c3cc(-c4nc(-c5ccccc5)nc(-c5ccccc5)n4)ccc3c3ccc(-c4nc(-c5ccccc5)nc(-c5ccccc5)n4)cc32)cc1. The van der Waals surface area contributed by atoms with Crippen molar-refractivity contribution in [3.8, 4) is 165 Å². The third kappa shape index (κ3) is 12.3. The molecule has 522 valence electrons. The third-order valence-electron chi connectivity index (χ3n) is 20.1. The molecule has 0 unspecified atom stereocenters. The molecule has 0 atom stereocenters. The summed E-state index contributed by atoms with van der Waals surface area (Å²) in [6.45, 7) is 0. The monoisotopic (exact) mass is 1430 g/mol. The van der Waals surface area contributed by atoms with Crippen LogP contribution in [0.3, 0.4) is 0 Å². The predicted octanol–water partition coefficient (Wildman–Crippen LogP) is 21.6. The molecule has 0 bridgehead atoms. The maximum atomic E-state index is 10.6. The molecular formula is C96H58N16. The molecule has 0 amide bonds. The van der Waals surface area contributed by atoms with Crippen LogP contribution in [0, 0.1) is 11.3 Å². The second kappa shape index (κ2) is 28.1. The van der Waals surface area contributed by atoms with Gasteiger partial charge in [0.1, 0.15) is 0 Å². The fourth-order valence-corrected chi connectivity index (χ4v) is 14.6. The van der Waals surface area contributed by atoms with Crippen molar-refractivity contribution in [2.75, 3.05) is 0 Å². The lowest BCUT2D eigenvalue weighted by Crippen LogP contribution is -2.06. The lowest BCUT2D eigenvalue weighted by molar-refractivity contribution is 1.07. The Morgan fingerprint density at radius 2 is 0.384 bits per heavy atom. The van der Waals surface area contributed by atoms with Crippen molar-refractivity contribution >= 4 is 43.6 Å². The summed E-state index contributed by atoms with van der Waals surface area (Å²) in [6, 6.07) is 116. The van der Waals surface area contributed by atoms with Crippen molar-refractivity contribution in [2.45, 2.75) is 0 Å². The number of nitriles is 1. The molecule has 112 heavy (non-hydrogen) atoms. The van der Waals surface area contributed by atoms with E-state index in [0.717, 1.165) is 122 Å². The molecular weight excluding hydrogens is 1380 g/mol. The smallest absolute Gasteiger partial charge is 0.164 e. The van der Waals surface area contributed by atoms with E-state index in [1.807, 2.05) is 279 Å². The van der Waals surface area contributed by atoms with Crippen LogP contribution < -0.4 is 0 Å². The van der Waals surface area contributed by atoms with Crippen LogP contribution in [0.4, 0.5) is 0 Å². The first-order chi connectivity index (χ1) is 55.4. The fraction of sp³-hybridized carbons (Fsp3) is 0. The van der Waals surface area contributed by atoms with Crippen molar-refractivity contribution < 1.29 is 0 Å². The van der Waals surface area contributed by atoms with E-state index in [1.165, 1.54) is 0 Å². The van der Waals surface area contributed by atoms with Gasteiger partial charge in [-0.3, -0.25) is 4.98 Å². The minimum Gasteiger partial charge on any atom is -0.307 e. The minimum atomic E-state index is 0.477. The van der Waals surface area contributed by atoms with Crippen LogP contribution >= 0.6 is 0 Å². The first-order valence-corrected chi connectivity index (χ1v) is 36.6. The number of benzene rings is 13. The summed E-state index contributed by atoms with van der Waals surface area (Å²) in [6.07, 6.45) is 3.85. The van der Waals surface area contributed by atoms with Crippen LogP contribution in [0.25, 0.3) is 203 Å².